The maximum Gasteiger partial charge on any atom is 0.573 e. The zero-order valence-electron chi connectivity index (χ0n) is 11.2. The van der Waals surface area contributed by atoms with Gasteiger partial charge in [0.2, 0.25) is 0 Å². The minimum absolute atomic E-state index is 0.0727. The van der Waals surface area contributed by atoms with E-state index in [1.807, 2.05) is 0 Å². The highest BCUT2D eigenvalue weighted by molar-refractivity contribution is 5.39. The average Bonchev–Trinajstić information content (AvgIpc) is 2.38. The van der Waals surface area contributed by atoms with E-state index in [1.54, 1.807) is 13.2 Å². The summed E-state index contributed by atoms with van der Waals surface area (Å²) in [5, 5.41) is 3.09. The van der Waals surface area contributed by atoms with Crippen LogP contribution in [0.1, 0.15) is 6.42 Å². The Balaban J connectivity index is 2.33. The molecule has 114 valence electrons. The molecule has 0 saturated heterocycles. The number of nitrogens with one attached hydrogen (secondary N) is 1. The number of alkyl halides is 3. The Hall–Kier alpha value is -1.47. The van der Waals surface area contributed by atoms with Crippen molar-refractivity contribution in [3.8, 4) is 11.5 Å². The van der Waals surface area contributed by atoms with Crippen molar-refractivity contribution in [1.29, 1.82) is 0 Å². The molecule has 4 nitrogen and oxygen atoms in total. The molecule has 0 unspecified atom stereocenters. The molecule has 1 aromatic carbocycles. The van der Waals surface area contributed by atoms with Crippen LogP contribution in [0.15, 0.2) is 24.3 Å². The molecule has 1 N–H and O–H groups in total. The average molecular weight is 293 g/mol. The van der Waals surface area contributed by atoms with Crippen molar-refractivity contribution < 1.29 is 27.4 Å². The summed E-state index contributed by atoms with van der Waals surface area (Å²) in [6.07, 6.45) is -3.86. The zero-order valence-corrected chi connectivity index (χ0v) is 11.2. The third kappa shape index (κ3) is 7.20. The minimum Gasteiger partial charge on any atom is -0.488 e. The predicted octanol–water partition coefficient (Wildman–Crippen LogP) is 2.59. The summed E-state index contributed by atoms with van der Waals surface area (Å²) >= 11 is 0. The summed E-state index contributed by atoms with van der Waals surface area (Å²) in [6.45, 7) is 2.21. The normalized spacial score (nSPS) is 11.4. The van der Waals surface area contributed by atoms with Gasteiger partial charge in [0.05, 0.1) is 0 Å². The number of ether oxygens (including phenoxy) is 3. The Labute approximate surface area is 115 Å². The lowest BCUT2D eigenvalue weighted by atomic mass is 10.3. The van der Waals surface area contributed by atoms with Gasteiger partial charge in [0.1, 0.15) is 6.61 Å². The number of hydrogen-bond acceptors (Lipinski definition) is 4. The van der Waals surface area contributed by atoms with E-state index in [0.717, 1.165) is 13.0 Å². The standard InChI is InChI=1S/C13H18F3NO3/c1-18-9-4-7-17-8-10-19-11-5-2-3-6-12(11)20-13(14,15)16/h2-3,5-6,17H,4,7-10H2,1H3. The maximum atomic E-state index is 12.2. The SMILES string of the molecule is COCCCNCCOc1ccccc1OC(F)(F)F. The van der Waals surface area contributed by atoms with Gasteiger partial charge >= 0.3 is 6.36 Å². The van der Waals surface area contributed by atoms with Gasteiger partial charge in [-0.1, -0.05) is 12.1 Å². The number of benzene rings is 1. The molecule has 0 spiro atoms. The van der Waals surface area contributed by atoms with Gasteiger partial charge in [-0.15, -0.1) is 13.2 Å². The monoisotopic (exact) mass is 293 g/mol. The summed E-state index contributed by atoms with van der Waals surface area (Å²) in [4.78, 5) is 0. The molecular weight excluding hydrogens is 275 g/mol. The summed E-state index contributed by atoms with van der Waals surface area (Å²) in [7, 11) is 1.63. The van der Waals surface area contributed by atoms with Gasteiger partial charge in [-0.25, -0.2) is 0 Å². The molecule has 0 fully saturated rings. The van der Waals surface area contributed by atoms with Gasteiger partial charge in [0.15, 0.2) is 11.5 Å². The van der Waals surface area contributed by atoms with Gasteiger partial charge in [0, 0.05) is 20.3 Å². The fourth-order valence-corrected chi connectivity index (χ4v) is 1.48. The topological polar surface area (TPSA) is 39.7 Å². The van der Waals surface area contributed by atoms with Crippen LogP contribution >= 0.6 is 0 Å². The number of halogens is 3. The van der Waals surface area contributed by atoms with Crippen molar-refractivity contribution in [2.75, 3.05) is 33.4 Å². The van der Waals surface area contributed by atoms with E-state index in [9.17, 15) is 13.2 Å². The van der Waals surface area contributed by atoms with E-state index in [0.29, 0.717) is 13.2 Å². The van der Waals surface area contributed by atoms with E-state index < -0.39 is 6.36 Å². The van der Waals surface area contributed by atoms with Crippen LogP contribution in [0.2, 0.25) is 0 Å². The predicted molar refractivity (Wildman–Crippen MR) is 68.0 cm³/mol. The first-order valence-electron chi connectivity index (χ1n) is 6.20. The Bertz CT molecular complexity index is 385. The maximum absolute atomic E-state index is 12.2. The first kappa shape index (κ1) is 16.6. The first-order valence-corrected chi connectivity index (χ1v) is 6.20. The highest BCUT2D eigenvalue weighted by Crippen LogP contribution is 2.31. The lowest BCUT2D eigenvalue weighted by Gasteiger charge is -2.14. The molecule has 0 amide bonds. The Kier molecular flexibility index (Phi) is 7.17. The second kappa shape index (κ2) is 8.65. The quantitative estimate of drug-likeness (QED) is 0.710. The summed E-state index contributed by atoms with van der Waals surface area (Å²) in [5.74, 6) is -0.261. The molecule has 0 aliphatic carbocycles. The number of hydrogen-bond donors (Lipinski definition) is 1. The Morgan fingerprint density at radius 1 is 1.05 bits per heavy atom. The van der Waals surface area contributed by atoms with Crippen LogP contribution in [0.5, 0.6) is 11.5 Å². The van der Waals surface area contributed by atoms with E-state index in [-0.39, 0.29) is 18.1 Å². The van der Waals surface area contributed by atoms with Crippen LogP contribution in [0, 0.1) is 0 Å². The molecule has 0 atom stereocenters. The lowest BCUT2D eigenvalue weighted by Crippen LogP contribution is -2.23. The molecule has 20 heavy (non-hydrogen) atoms. The van der Waals surface area contributed by atoms with Gasteiger partial charge in [0.25, 0.3) is 0 Å². The van der Waals surface area contributed by atoms with Gasteiger partial charge < -0.3 is 19.5 Å². The zero-order chi connectivity index (χ0) is 14.8. The lowest BCUT2D eigenvalue weighted by molar-refractivity contribution is -0.275. The van der Waals surface area contributed by atoms with Gasteiger partial charge in [-0.2, -0.15) is 0 Å². The van der Waals surface area contributed by atoms with Crippen molar-refractivity contribution in [2.24, 2.45) is 0 Å². The van der Waals surface area contributed by atoms with Crippen LogP contribution in [0.25, 0.3) is 0 Å². The number of rotatable bonds is 9. The van der Waals surface area contributed by atoms with Crippen molar-refractivity contribution in [3.05, 3.63) is 24.3 Å². The molecule has 1 aromatic rings. The first-order chi connectivity index (χ1) is 9.53. The van der Waals surface area contributed by atoms with Crippen LogP contribution in [-0.4, -0.2) is 39.8 Å². The summed E-state index contributed by atoms with van der Waals surface area (Å²) < 4.78 is 50.6. The third-order valence-electron chi connectivity index (χ3n) is 2.31. The number of para-hydroxylation sites is 2. The molecule has 0 aliphatic rings. The smallest absolute Gasteiger partial charge is 0.488 e. The third-order valence-corrected chi connectivity index (χ3v) is 2.31. The van der Waals surface area contributed by atoms with Gasteiger partial charge in [-0.05, 0) is 25.1 Å². The Morgan fingerprint density at radius 3 is 2.40 bits per heavy atom. The van der Waals surface area contributed by atoms with Crippen LogP contribution in [-0.2, 0) is 4.74 Å². The highest BCUT2D eigenvalue weighted by Gasteiger charge is 2.32. The van der Waals surface area contributed by atoms with E-state index >= 15 is 0 Å². The fraction of sp³-hybridized carbons (Fsp3) is 0.538. The van der Waals surface area contributed by atoms with Crippen LogP contribution in [0.4, 0.5) is 13.2 Å². The molecule has 0 heterocycles. The fourth-order valence-electron chi connectivity index (χ4n) is 1.48. The largest absolute Gasteiger partial charge is 0.573 e. The van der Waals surface area contributed by atoms with Crippen molar-refractivity contribution in [2.45, 2.75) is 12.8 Å². The Morgan fingerprint density at radius 2 is 1.75 bits per heavy atom. The molecule has 0 radical (unpaired) electrons. The van der Waals surface area contributed by atoms with E-state index in [4.69, 9.17) is 9.47 Å². The molecule has 7 heteroatoms. The van der Waals surface area contributed by atoms with Crippen molar-refractivity contribution >= 4 is 0 Å². The van der Waals surface area contributed by atoms with E-state index in [2.05, 4.69) is 10.1 Å². The van der Waals surface area contributed by atoms with Gasteiger partial charge in [-0.3, -0.25) is 0 Å². The second-order valence-electron chi connectivity index (χ2n) is 3.94. The molecule has 0 aromatic heterocycles. The minimum atomic E-state index is -4.72. The molecular formula is C13H18F3NO3. The van der Waals surface area contributed by atoms with Crippen LogP contribution in [0.3, 0.4) is 0 Å². The van der Waals surface area contributed by atoms with Crippen LogP contribution < -0.4 is 14.8 Å². The molecule has 0 saturated carbocycles. The molecule has 0 bridgehead atoms. The second-order valence-corrected chi connectivity index (χ2v) is 3.94. The molecule has 0 aliphatic heterocycles. The summed E-state index contributed by atoms with van der Waals surface area (Å²) in [5.41, 5.74) is 0. The highest BCUT2D eigenvalue weighted by atomic mass is 19.4. The summed E-state index contributed by atoms with van der Waals surface area (Å²) in [6, 6.07) is 5.70. The van der Waals surface area contributed by atoms with Crippen molar-refractivity contribution in [3.63, 3.8) is 0 Å². The number of methoxy groups -OCH3 is 1. The van der Waals surface area contributed by atoms with Crippen molar-refractivity contribution in [1.82, 2.24) is 5.32 Å². The van der Waals surface area contributed by atoms with E-state index in [1.165, 1.54) is 18.2 Å². The molecule has 1 rings (SSSR count).